The first-order chi connectivity index (χ1) is 12.8. The molecule has 8 nitrogen and oxygen atoms in total. The van der Waals surface area contributed by atoms with Crippen molar-refractivity contribution in [2.45, 2.75) is 13.0 Å². The summed E-state index contributed by atoms with van der Waals surface area (Å²) < 4.78 is 18.1. The molecule has 3 amide bonds. The molecule has 10 heteroatoms. The van der Waals surface area contributed by atoms with Crippen molar-refractivity contribution in [3.05, 3.63) is 59.1 Å². The highest BCUT2D eigenvalue weighted by atomic mass is 35.5. The van der Waals surface area contributed by atoms with Crippen LogP contribution in [0.5, 0.6) is 5.75 Å². The highest BCUT2D eigenvalue weighted by Crippen LogP contribution is 2.12. The number of carbonyl (C=O) groups is 3. The molecule has 0 bridgehead atoms. The van der Waals surface area contributed by atoms with Gasteiger partial charge in [0.1, 0.15) is 17.3 Å². The Hall–Kier alpha value is -3.20. The summed E-state index contributed by atoms with van der Waals surface area (Å²) in [6, 6.07) is 7.99. The molecular formula is C17H16ClFN4O4. The monoisotopic (exact) mass is 394 g/mol. The van der Waals surface area contributed by atoms with Crippen LogP contribution >= 0.6 is 11.6 Å². The molecule has 0 unspecified atom stereocenters. The van der Waals surface area contributed by atoms with Crippen LogP contribution in [0.3, 0.4) is 0 Å². The molecule has 0 radical (unpaired) electrons. The number of nitrogens with zero attached hydrogens (tertiary/aromatic N) is 1. The molecule has 2 aromatic rings. The Bertz CT molecular complexity index is 832. The van der Waals surface area contributed by atoms with Crippen LogP contribution < -0.4 is 20.9 Å². The standard InChI is InChI=1S/C17H16ClFN4O4/c1-10(27-13-4-2-12(19)3-5-13)16(25)23-22-15(24)9-21-17(26)14-8-11(18)6-7-20-14/h2-8,10H,9H2,1H3,(H,21,26)(H,22,24)(H,23,25)/t10-/m1/s1. The minimum Gasteiger partial charge on any atom is -0.481 e. The van der Waals surface area contributed by atoms with Gasteiger partial charge in [-0.25, -0.2) is 4.39 Å². The summed E-state index contributed by atoms with van der Waals surface area (Å²) in [6.07, 6.45) is 0.418. The van der Waals surface area contributed by atoms with Crippen LogP contribution in [0.25, 0.3) is 0 Å². The highest BCUT2D eigenvalue weighted by molar-refractivity contribution is 6.30. The number of hydrazine groups is 1. The number of halogens is 2. The number of amides is 3. The van der Waals surface area contributed by atoms with Gasteiger partial charge in [0.15, 0.2) is 6.10 Å². The fraction of sp³-hybridized carbons (Fsp3) is 0.176. The molecule has 142 valence electrons. The Morgan fingerprint density at radius 1 is 1.19 bits per heavy atom. The summed E-state index contributed by atoms with van der Waals surface area (Å²) in [5.41, 5.74) is 4.35. The number of nitrogens with one attached hydrogen (secondary N) is 3. The lowest BCUT2D eigenvalue weighted by molar-refractivity contribution is -0.132. The van der Waals surface area contributed by atoms with E-state index in [4.69, 9.17) is 16.3 Å². The van der Waals surface area contributed by atoms with E-state index in [9.17, 15) is 18.8 Å². The first kappa shape index (κ1) is 20.1. The molecule has 0 fully saturated rings. The number of aromatic nitrogens is 1. The molecule has 0 saturated heterocycles. The van der Waals surface area contributed by atoms with Gasteiger partial charge < -0.3 is 10.1 Å². The van der Waals surface area contributed by atoms with Gasteiger partial charge in [0.2, 0.25) is 0 Å². The van der Waals surface area contributed by atoms with Gasteiger partial charge in [-0.05, 0) is 43.3 Å². The second-order valence-electron chi connectivity index (χ2n) is 5.29. The zero-order valence-corrected chi connectivity index (χ0v) is 14.9. The van der Waals surface area contributed by atoms with Gasteiger partial charge in [-0.15, -0.1) is 0 Å². The molecule has 27 heavy (non-hydrogen) atoms. The van der Waals surface area contributed by atoms with Crippen LogP contribution in [0.15, 0.2) is 42.6 Å². The van der Waals surface area contributed by atoms with E-state index in [1.807, 2.05) is 0 Å². The Kier molecular flexibility index (Phi) is 7.07. The maximum Gasteiger partial charge on any atom is 0.279 e. The molecule has 0 aliphatic heterocycles. The predicted molar refractivity (Wildman–Crippen MR) is 94.4 cm³/mol. The zero-order chi connectivity index (χ0) is 19.8. The van der Waals surface area contributed by atoms with Crippen molar-refractivity contribution in [1.29, 1.82) is 0 Å². The van der Waals surface area contributed by atoms with E-state index in [2.05, 4.69) is 21.2 Å². The molecule has 0 aliphatic rings. The highest BCUT2D eigenvalue weighted by Gasteiger charge is 2.16. The smallest absolute Gasteiger partial charge is 0.279 e. The minimum atomic E-state index is -0.944. The second kappa shape index (κ2) is 9.48. The van der Waals surface area contributed by atoms with E-state index in [1.165, 1.54) is 49.5 Å². The van der Waals surface area contributed by atoms with Crippen molar-refractivity contribution < 1.29 is 23.5 Å². The number of hydrogen-bond donors (Lipinski definition) is 3. The van der Waals surface area contributed by atoms with Crippen molar-refractivity contribution in [2.75, 3.05) is 6.54 Å². The van der Waals surface area contributed by atoms with Crippen LogP contribution in [0.4, 0.5) is 4.39 Å². The molecule has 1 aromatic carbocycles. The Morgan fingerprint density at radius 3 is 2.56 bits per heavy atom. The Labute approximate surface area is 159 Å². The number of pyridine rings is 1. The van der Waals surface area contributed by atoms with Gasteiger partial charge >= 0.3 is 0 Å². The maximum absolute atomic E-state index is 12.8. The molecule has 0 aliphatic carbocycles. The summed E-state index contributed by atoms with van der Waals surface area (Å²) >= 11 is 5.75. The summed E-state index contributed by atoms with van der Waals surface area (Å²) in [4.78, 5) is 39.2. The quantitative estimate of drug-likeness (QED) is 0.638. The predicted octanol–water partition coefficient (Wildman–Crippen LogP) is 1.22. The SMILES string of the molecule is C[C@@H](Oc1ccc(F)cc1)C(=O)NNC(=O)CNC(=O)c1cc(Cl)ccn1. The lowest BCUT2D eigenvalue weighted by Crippen LogP contribution is -2.50. The van der Waals surface area contributed by atoms with E-state index in [1.54, 1.807) is 0 Å². The van der Waals surface area contributed by atoms with Gasteiger partial charge in [0.25, 0.3) is 17.7 Å². The zero-order valence-electron chi connectivity index (χ0n) is 14.2. The third kappa shape index (κ3) is 6.55. The molecular weight excluding hydrogens is 379 g/mol. The van der Waals surface area contributed by atoms with Crippen LogP contribution in [0.2, 0.25) is 5.02 Å². The lowest BCUT2D eigenvalue weighted by atomic mass is 10.3. The molecule has 3 N–H and O–H groups in total. The first-order valence-corrected chi connectivity index (χ1v) is 8.13. The summed E-state index contributed by atoms with van der Waals surface area (Å²) in [6.45, 7) is 1.07. The van der Waals surface area contributed by atoms with Gasteiger partial charge in [-0.2, -0.15) is 0 Å². The molecule has 1 atom stereocenters. The van der Waals surface area contributed by atoms with Gasteiger partial charge in [0.05, 0.1) is 6.54 Å². The number of hydrogen-bond acceptors (Lipinski definition) is 5. The molecule has 1 heterocycles. The van der Waals surface area contributed by atoms with E-state index in [-0.39, 0.29) is 12.2 Å². The van der Waals surface area contributed by atoms with Crippen molar-refractivity contribution in [3.63, 3.8) is 0 Å². The van der Waals surface area contributed by atoms with E-state index in [0.29, 0.717) is 10.8 Å². The molecule has 0 saturated carbocycles. The van der Waals surface area contributed by atoms with Gasteiger partial charge in [0, 0.05) is 11.2 Å². The normalized spacial score (nSPS) is 11.2. The number of carbonyl (C=O) groups excluding carboxylic acids is 3. The van der Waals surface area contributed by atoms with Crippen molar-refractivity contribution in [1.82, 2.24) is 21.2 Å². The third-order valence-electron chi connectivity index (χ3n) is 3.18. The summed E-state index contributed by atoms with van der Waals surface area (Å²) in [5, 5.41) is 2.67. The molecule has 0 spiro atoms. The third-order valence-corrected chi connectivity index (χ3v) is 3.42. The van der Waals surface area contributed by atoms with E-state index >= 15 is 0 Å². The fourth-order valence-electron chi connectivity index (χ4n) is 1.83. The van der Waals surface area contributed by atoms with Crippen molar-refractivity contribution in [2.24, 2.45) is 0 Å². The average molecular weight is 395 g/mol. The van der Waals surface area contributed by atoms with Crippen molar-refractivity contribution >= 4 is 29.3 Å². The number of ether oxygens (including phenoxy) is 1. The summed E-state index contributed by atoms with van der Waals surface area (Å²) in [7, 11) is 0. The van der Waals surface area contributed by atoms with Crippen LogP contribution in [0, 0.1) is 5.82 Å². The van der Waals surface area contributed by atoms with Crippen molar-refractivity contribution in [3.8, 4) is 5.75 Å². The van der Waals surface area contributed by atoms with Crippen LogP contribution in [-0.2, 0) is 9.59 Å². The average Bonchev–Trinajstić information content (AvgIpc) is 2.65. The Balaban J connectivity index is 1.73. The van der Waals surface area contributed by atoms with Crippen LogP contribution in [0.1, 0.15) is 17.4 Å². The maximum atomic E-state index is 12.8. The second-order valence-corrected chi connectivity index (χ2v) is 5.73. The topological polar surface area (TPSA) is 109 Å². The van der Waals surface area contributed by atoms with E-state index < -0.39 is 29.6 Å². The first-order valence-electron chi connectivity index (χ1n) is 7.76. The van der Waals surface area contributed by atoms with Gasteiger partial charge in [-0.3, -0.25) is 30.2 Å². The Morgan fingerprint density at radius 2 is 1.89 bits per heavy atom. The summed E-state index contributed by atoms with van der Waals surface area (Å²) in [5.74, 6) is -2.01. The largest absolute Gasteiger partial charge is 0.481 e. The minimum absolute atomic E-state index is 0.0562. The fourth-order valence-corrected chi connectivity index (χ4v) is 1.99. The number of rotatable bonds is 6. The van der Waals surface area contributed by atoms with Crippen LogP contribution in [-0.4, -0.2) is 35.4 Å². The van der Waals surface area contributed by atoms with E-state index in [0.717, 1.165) is 0 Å². The molecule has 1 aromatic heterocycles. The molecule has 2 rings (SSSR count). The van der Waals surface area contributed by atoms with Gasteiger partial charge in [-0.1, -0.05) is 11.6 Å². The lowest BCUT2D eigenvalue weighted by Gasteiger charge is -2.15. The number of benzene rings is 1.